The molecule has 0 unspecified atom stereocenters. The Kier molecular flexibility index (Phi) is 8.16. The lowest BCUT2D eigenvalue weighted by molar-refractivity contribution is 0.660. The normalized spacial score (nSPS) is 14.1. The number of fused-ring (bicyclic) bond motifs is 19. The molecular weight excluding hydrogens is 885 g/mol. The Labute approximate surface area is 423 Å². The lowest BCUT2D eigenvalue weighted by Gasteiger charge is -2.32. The lowest BCUT2D eigenvalue weighted by Crippen LogP contribution is -2.26. The molecule has 16 rings (SSSR count). The van der Waals surface area contributed by atoms with Gasteiger partial charge >= 0.3 is 0 Å². The zero-order valence-corrected chi connectivity index (χ0v) is 40.4. The van der Waals surface area contributed by atoms with Crippen LogP contribution in [-0.4, -0.2) is 4.57 Å². The van der Waals surface area contributed by atoms with E-state index in [2.05, 4.69) is 266 Å². The van der Waals surface area contributed by atoms with Crippen LogP contribution in [-0.2, 0) is 10.8 Å². The number of hydrogen-bond donors (Lipinski definition) is 0. The molecule has 0 bridgehead atoms. The fourth-order valence-corrected chi connectivity index (χ4v) is 13.7. The Morgan fingerprint density at radius 1 is 0.370 bits per heavy atom. The highest BCUT2D eigenvalue weighted by molar-refractivity contribution is 6.16. The smallest absolute Gasteiger partial charge is 0.137 e. The van der Waals surface area contributed by atoms with Crippen molar-refractivity contribution in [2.24, 2.45) is 0 Å². The van der Waals surface area contributed by atoms with E-state index in [4.69, 9.17) is 4.42 Å². The molecule has 0 N–H and O–H groups in total. The molecule has 0 aliphatic heterocycles. The number of nitrogens with zero attached hydrogens (tertiary/aromatic N) is 2. The summed E-state index contributed by atoms with van der Waals surface area (Å²) in [6, 6.07) is 90.2. The van der Waals surface area contributed by atoms with Gasteiger partial charge in [-0.05, 0) is 139 Å². The van der Waals surface area contributed by atoms with Gasteiger partial charge in [0.2, 0.25) is 0 Å². The van der Waals surface area contributed by atoms with Crippen molar-refractivity contribution in [3.05, 3.63) is 276 Å². The summed E-state index contributed by atoms with van der Waals surface area (Å²) in [5.74, 6) is 0. The maximum Gasteiger partial charge on any atom is 0.137 e. The SMILES string of the molecule is CC1(C)c2ccccc2-c2ccc(N(c3cccc4c3-c3ccccc3C43c4ccccc4-c4ccccc43)c3cccc4oc5ccc(-c6ccc7c8ccccc8n(-c8ccccc8)c7c6)cc5c34)cc21. The lowest BCUT2D eigenvalue weighted by atomic mass is 9.70. The first-order valence-corrected chi connectivity index (χ1v) is 25.5. The predicted molar refractivity (Wildman–Crippen MR) is 302 cm³/mol. The first kappa shape index (κ1) is 40.5. The highest BCUT2D eigenvalue weighted by Crippen LogP contribution is 2.65. The average molecular weight is 931 g/mol. The minimum absolute atomic E-state index is 0.198. The summed E-state index contributed by atoms with van der Waals surface area (Å²) in [6.07, 6.45) is 0. The van der Waals surface area contributed by atoms with Crippen molar-refractivity contribution in [2.75, 3.05) is 4.90 Å². The number of furan rings is 1. The molecule has 0 saturated carbocycles. The van der Waals surface area contributed by atoms with Gasteiger partial charge in [0.25, 0.3) is 0 Å². The van der Waals surface area contributed by atoms with Crippen LogP contribution in [0.3, 0.4) is 0 Å². The van der Waals surface area contributed by atoms with Crippen LogP contribution < -0.4 is 4.90 Å². The van der Waals surface area contributed by atoms with Gasteiger partial charge in [-0.15, -0.1) is 0 Å². The average Bonchev–Trinajstić information content (AvgIpc) is 4.29. The molecule has 11 aromatic carbocycles. The highest BCUT2D eigenvalue weighted by atomic mass is 16.3. The van der Waals surface area contributed by atoms with Crippen molar-refractivity contribution in [1.29, 1.82) is 0 Å². The third-order valence-electron chi connectivity index (χ3n) is 16.8. The highest BCUT2D eigenvalue weighted by Gasteiger charge is 2.52. The van der Waals surface area contributed by atoms with E-state index in [9.17, 15) is 0 Å². The standard InChI is InChI=1S/C70H46N2O/c1-69(2)55-25-11-6-20-47(55)50-38-36-46(42-60(50)69)72(62-31-16-29-59-67(62)53-24-9-14-28-58(53)70(59)56-26-12-7-21-48(56)49-22-8-13-27-57(49)70)63-32-17-33-66-68(63)54-40-43(35-39-65(54)73-66)44-34-37-52-51-23-10-15-30-61(51)71(64(52)41-44)45-18-4-3-5-19-45/h3-42H,1-2H3. The Bertz CT molecular complexity index is 4440. The number of rotatable bonds is 5. The number of anilines is 3. The van der Waals surface area contributed by atoms with Crippen molar-refractivity contribution >= 4 is 60.8 Å². The Balaban J connectivity index is 0.959. The Morgan fingerprint density at radius 3 is 1.73 bits per heavy atom. The molecule has 3 heteroatoms. The molecule has 0 fully saturated rings. The molecule has 0 saturated heterocycles. The van der Waals surface area contributed by atoms with Crippen LogP contribution in [0, 0.1) is 0 Å². The van der Waals surface area contributed by atoms with Gasteiger partial charge in [-0.25, -0.2) is 0 Å². The van der Waals surface area contributed by atoms with E-state index >= 15 is 0 Å². The van der Waals surface area contributed by atoms with Gasteiger partial charge in [-0.1, -0.05) is 190 Å². The summed E-state index contributed by atoms with van der Waals surface area (Å²) < 4.78 is 9.31. The van der Waals surface area contributed by atoms with E-state index in [0.717, 1.165) is 55.8 Å². The van der Waals surface area contributed by atoms with Crippen LogP contribution in [0.4, 0.5) is 17.1 Å². The van der Waals surface area contributed by atoms with Crippen LogP contribution in [0.1, 0.15) is 47.2 Å². The second kappa shape index (κ2) is 14.7. The monoisotopic (exact) mass is 930 g/mol. The molecule has 3 aliphatic carbocycles. The van der Waals surface area contributed by atoms with Crippen LogP contribution >= 0.6 is 0 Å². The molecule has 2 heterocycles. The Hall–Kier alpha value is -9.18. The van der Waals surface area contributed by atoms with Gasteiger partial charge in [0.05, 0.1) is 33.2 Å². The van der Waals surface area contributed by atoms with Crippen LogP contribution in [0.15, 0.2) is 247 Å². The second-order valence-electron chi connectivity index (χ2n) is 20.7. The summed E-state index contributed by atoms with van der Waals surface area (Å²) in [6.45, 7) is 4.76. The van der Waals surface area contributed by atoms with Gasteiger partial charge in [0.15, 0.2) is 0 Å². The molecule has 73 heavy (non-hydrogen) atoms. The van der Waals surface area contributed by atoms with Gasteiger partial charge in [-0.3, -0.25) is 0 Å². The molecule has 3 aliphatic rings. The van der Waals surface area contributed by atoms with E-state index in [1.165, 1.54) is 88.6 Å². The maximum absolute atomic E-state index is 6.91. The fraction of sp³-hybridized carbons (Fsp3) is 0.0571. The van der Waals surface area contributed by atoms with E-state index in [1.54, 1.807) is 0 Å². The molecule has 342 valence electrons. The van der Waals surface area contributed by atoms with Gasteiger partial charge in [0, 0.05) is 38.5 Å². The molecular formula is C70H46N2O. The third-order valence-corrected chi connectivity index (χ3v) is 16.8. The van der Waals surface area contributed by atoms with Crippen molar-refractivity contribution in [1.82, 2.24) is 4.57 Å². The number of para-hydroxylation sites is 2. The van der Waals surface area contributed by atoms with Crippen molar-refractivity contribution < 1.29 is 4.42 Å². The summed E-state index contributed by atoms with van der Waals surface area (Å²) >= 11 is 0. The molecule has 0 radical (unpaired) electrons. The molecule has 0 amide bonds. The third kappa shape index (κ3) is 5.33. The summed E-state index contributed by atoms with van der Waals surface area (Å²) in [7, 11) is 0. The molecule has 3 nitrogen and oxygen atoms in total. The summed E-state index contributed by atoms with van der Waals surface area (Å²) in [5.41, 5.74) is 25.8. The van der Waals surface area contributed by atoms with Crippen molar-refractivity contribution in [3.63, 3.8) is 0 Å². The zero-order valence-electron chi connectivity index (χ0n) is 40.4. The molecule has 1 spiro atoms. The number of benzene rings is 11. The fourth-order valence-electron chi connectivity index (χ4n) is 13.7. The van der Waals surface area contributed by atoms with E-state index in [0.29, 0.717) is 0 Å². The van der Waals surface area contributed by atoms with Gasteiger partial charge in [0.1, 0.15) is 11.2 Å². The summed E-state index contributed by atoms with van der Waals surface area (Å²) in [5, 5.41) is 4.64. The molecule has 13 aromatic rings. The number of aromatic nitrogens is 1. The summed E-state index contributed by atoms with van der Waals surface area (Å²) in [4.78, 5) is 2.55. The topological polar surface area (TPSA) is 21.3 Å². The number of hydrogen-bond acceptors (Lipinski definition) is 2. The van der Waals surface area contributed by atoms with Crippen LogP contribution in [0.25, 0.3) is 93.9 Å². The molecule has 0 atom stereocenters. The zero-order chi connectivity index (χ0) is 48.2. The van der Waals surface area contributed by atoms with Gasteiger partial charge in [-0.2, -0.15) is 0 Å². The Morgan fingerprint density at radius 2 is 0.945 bits per heavy atom. The van der Waals surface area contributed by atoms with E-state index in [-0.39, 0.29) is 5.41 Å². The minimum Gasteiger partial charge on any atom is -0.456 e. The van der Waals surface area contributed by atoms with E-state index < -0.39 is 5.41 Å². The molecule has 2 aromatic heterocycles. The maximum atomic E-state index is 6.91. The first-order valence-electron chi connectivity index (χ1n) is 25.5. The van der Waals surface area contributed by atoms with Crippen molar-refractivity contribution in [2.45, 2.75) is 24.7 Å². The van der Waals surface area contributed by atoms with Crippen LogP contribution in [0.5, 0.6) is 0 Å². The minimum atomic E-state index is -0.487. The first-order chi connectivity index (χ1) is 36.0. The van der Waals surface area contributed by atoms with Gasteiger partial charge < -0.3 is 13.9 Å². The second-order valence-corrected chi connectivity index (χ2v) is 20.7. The largest absolute Gasteiger partial charge is 0.456 e. The van der Waals surface area contributed by atoms with Crippen LogP contribution in [0.2, 0.25) is 0 Å². The predicted octanol–water partition coefficient (Wildman–Crippen LogP) is 18.5. The quantitative estimate of drug-likeness (QED) is 0.171. The van der Waals surface area contributed by atoms with Crippen molar-refractivity contribution in [3.8, 4) is 50.2 Å². The van der Waals surface area contributed by atoms with E-state index in [1.807, 2.05) is 0 Å².